The van der Waals surface area contributed by atoms with Gasteiger partial charge in [-0.3, -0.25) is 9.59 Å². The van der Waals surface area contributed by atoms with Gasteiger partial charge in [0.25, 0.3) is 0 Å². The minimum Gasteiger partial charge on any atom is -0.493 e. The molecule has 0 spiro atoms. The van der Waals surface area contributed by atoms with Crippen LogP contribution in [0.1, 0.15) is 9.67 Å². The van der Waals surface area contributed by atoms with Gasteiger partial charge in [-0.2, -0.15) is 13.2 Å². The molecular weight excluding hydrogens is 537 g/mol. The van der Waals surface area contributed by atoms with Gasteiger partial charge in [-0.05, 0) is 12.1 Å². The number of thioether (sulfide) groups is 1. The molecule has 1 heterocycles. The Hall–Kier alpha value is -3.65. The Morgan fingerprint density at radius 3 is 2.14 bits per heavy atom. The maximum absolute atomic E-state index is 12.8. The number of hydrogen-bond acceptors (Lipinski definition) is 9. The topological polar surface area (TPSA) is 112 Å². The maximum atomic E-state index is 12.8. The molecule has 0 unspecified atom stereocenters. The molecule has 0 aliphatic rings. The van der Waals surface area contributed by atoms with E-state index in [1.54, 1.807) is 29.6 Å². The van der Waals surface area contributed by atoms with E-state index in [0.29, 0.717) is 32.5 Å². The third kappa shape index (κ3) is 6.38. The van der Waals surface area contributed by atoms with E-state index in [4.69, 9.17) is 14.2 Å². The van der Waals surface area contributed by atoms with Crippen molar-refractivity contribution in [3.8, 4) is 17.2 Å². The smallest absolute Gasteiger partial charge is 0.471 e. The third-order valence-electron chi connectivity index (χ3n) is 4.85. The summed E-state index contributed by atoms with van der Waals surface area (Å²) in [5.74, 6) is -2.35. The Bertz CT molecular complexity index is 1320. The number of methoxy groups -OCH3 is 4. The largest absolute Gasteiger partial charge is 0.493 e. The zero-order valence-electron chi connectivity index (χ0n) is 19.9. The van der Waals surface area contributed by atoms with Crippen molar-refractivity contribution in [2.45, 2.75) is 11.1 Å². The number of esters is 1. The fraction of sp³-hybridized carbons (Fsp3) is 0.261. The quantitative estimate of drug-likeness (QED) is 0.281. The molecule has 0 atom stereocenters. The fourth-order valence-electron chi connectivity index (χ4n) is 3.21. The van der Waals surface area contributed by atoms with E-state index in [9.17, 15) is 27.6 Å². The number of halogens is 3. The molecule has 0 radical (unpaired) electrons. The molecule has 0 fully saturated rings. The first-order chi connectivity index (χ1) is 17.5. The second kappa shape index (κ2) is 11.6. The number of benzene rings is 2. The lowest BCUT2D eigenvalue weighted by Crippen LogP contribution is -2.30. The van der Waals surface area contributed by atoms with E-state index in [-0.39, 0.29) is 27.6 Å². The zero-order valence-corrected chi connectivity index (χ0v) is 21.5. The molecule has 0 aliphatic heterocycles. The lowest BCUT2D eigenvalue weighted by atomic mass is 10.2. The van der Waals surface area contributed by atoms with Gasteiger partial charge in [0.1, 0.15) is 4.88 Å². The van der Waals surface area contributed by atoms with Crippen molar-refractivity contribution in [2.75, 3.05) is 44.8 Å². The molecule has 3 aromatic rings. The minimum atomic E-state index is -5.14. The van der Waals surface area contributed by atoms with Crippen molar-refractivity contribution in [1.82, 2.24) is 0 Å². The molecule has 2 aromatic carbocycles. The summed E-state index contributed by atoms with van der Waals surface area (Å²) in [6, 6.07) is 7.78. The number of rotatable bonds is 9. The van der Waals surface area contributed by atoms with Gasteiger partial charge in [0, 0.05) is 32.8 Å². The predicted octanol–water partition coefficient (Wildman–Crippen LogP) is 4.95. The molecule has 2 N–H and O–H groups in total. The van der Waals surface area contributed by atoms with Gasteiger partial charge in [-0.1, -0.05) is 6.07 Å². The minimum absolute atomic E-state index is 0.00489. The summed E-state index contributed by atoms with van der Waals surface area (Å²) in [5.41, 5.74) is 0.132. The van der Waals surface area contributed by atoms with Gasteiger partial charge in [-0.25, -0.2) is 4.79 Å². The van der Waals surface area contributed by atoms with E-state index in [1.165, 1.54) is 27.4 Å². The van der Waals surface area contributed by atoms with E-state index in [1.807, 2.05) is 0 Å². The number of anilines is 2. The van der Waals surface area contributed by atoms with Crippen LogP contribution < -0.4 is 24.8 Å². The lowest BCUT2D eigenvalue weighted by Gasteiger charge is -2.14. The molecular formula is C23H21F3N2O7S2. The van der Waals surface area contributed by atoms with Crippen LogP contribution in [0.2, 0.25) is 0 Å². The van der Waals surface area contributed by atoms with Gasteiger partial charge in [-0.15, -0.1) is 23.1 Å². The number of thiophene rings is 1. The first kappa shape index (κ1) is 27.9. The molecule has 3 rings (SSSR count). The first-order valence-electron chi connectivity index (χ1n) is 10.3. The SMILES string of the molecule is COC(=O)c1sc2cc(SCC(=O)Nc3cc(OC)c(OC)c(OC)c3)ccc2c1NC(=O)C(F)(F)F. The molecule has 0 saturated carbocycles. The highest BCUT2D eigenvalue weighted by Crippen LogP contribution is 2.41. The average molecular weight is 559 g/mol. The highest BCUT2D eigenvalue weighted by molar-refractivity contribution is 8.00. The number of carbonyl (C=O) groups is 3. The van der Waals surface area contributed by atoms with Crippen LogP contribution in [-0.4, -0.2) is 58.2 Å². The van der Waals surface area contributed by atoms with Crippen molar-refractivity contribution in [1.29, 1.82) is 0 Å². The molecule has 14 heteroatoms. The average Bonchev–Trinajstić information content (AvgIpc) is 3.23. The molecule has 198 valence electrons. The summed E-state index contributed by atoms with van der Waals surface area (Å²) < 4.78 is 59.2. The maximum Gasteiger partial charge on any atom is 0.471 e. The zero-order chi connectivity index (χ0) is 27.3. The summed E-state index contributed by atoms with van der Waals surface area (Å²) in [4.78, 5) is 36.6. The molecule has 37 heavy (non-hydrogen) atoms. The summed E-state index contributed by atoms with van der Waals surface area (Å²) >= 11 is 2.02. The van der Waals surface area contributed by atoms with E-state index in [0.717, 1.165) is 30.2 Å². The molecule has 1 aromatic heterocycles. The fourth-order valence-corrected chi connectivity index (χ4v) is 5.14. The Labute approximate surface area is 217 Å². The van der Waals surface area contributed by atoms with Crippen LogP contribution in [0.3, 0.4) is 0 Å². The van der Waals surface area contributed by atoms with Crippen LogP contribution in [0.15, 0.2) is 35.2 Å². The second-order valence-electron chi connectivity index (χ2n) is 7.16. The van der Waals surface area contributed by atoms with Crippen LogP contribution >= 0.6 is 23.1 Å². The van der Waals surface area contributed by atoms with Gasteiger partial charge in [0.2, 0.25) is 11.7 Å². The monoisotopic (exact) mass is 558 g/mol. The van der Waals surface area contributed by atoms with Crippen molar-refractivity contribution in [3.05, 3.63) is 35.2 Å². The highest BCUT2D eigenvalue weighted by Gasteiger charge is 2.40. The normalized spacial score (nSPS) is 11.1. The van der Waals surface area contributed by atoms with Gasteiger partial charge in [0.15, 0.2) is 11.5 Å². The van der Waals surface area contributed by atoms with Crippen LogP contribution in [-0.2, 0) is 14.3 Å². The van der Waals surface area contributed by atoms with Crippen molar-refractivity contribution >= 4 is 62.3 Å². The van der Waals surface area contributed by atoms with Crippen molar-refractivity contribution < 1.29 is 46.5 Å². The Balaban J connectivity index is 1.79. The number of nitrogens with one attached hydrogen (secondary N) is 2. The summed E-state index contributed by atoms with van der Waals surface area (Å²) in [5, 5.41) is 4.72. The van der Waals surface area contributed by atoms with Crippen LogP contribution in [0.4, 0.5) is 24.5 Å². The van der Waals surface area contributed by atoms with Crippen LogP contribution in [0.5, 0.6) is 17.2 Å². The van der Waals surface area contributed by atoms with Crippen molar-refractivity contribution in [2.24, 2.45) is 0 Å². The Morgan fingerprint density at radius 2 is 1.59 bits per heavy atom. The standard InChI is InChI=1S/C23H21F3N2O7S2/c1-32-14-7-11(8-15(33-2)19(14)34-3)27-17(29)10-36-12-5-6-13-16(9-12)37-20(21(30)35-4)18(13)28-22(31)23(24,25)26/h5-9H,10H2,1-4H3,(H,27,29)(H,28,31). The second-order valence-corrected chi connectivity index (χ2v) is 9.26. The number of amides is 2. The van der Waals surface area contributed by atoms with E-state index in [2.05, 4.69) is 10.1 Å². The lowest BCUT2D eigenvalue weighted by molar-refractivity contribution is -0.167. The number of ether oxygens (including phenoxy) is 4. The first-order valence-corrected chi connectivity index (χ1v) is 12.1. The third-order valence-corrected chi connectivity index (χ3v) is 6.97. The number of alkyl halides is 3. The molecule has 0 saturated heterocycles. The van der Waals surface area contributed by atoms with Crippen LogP contribution in [0.25, 0.3) is 10.1 Å². The summed E-state index contributed by atoms with van der Waals surface area (Å²) in [6.07, 6.45) is -5.14. The Morgan fingerprint density at radius 1 is 0.946 bits per heavy atom. The summed E-state index contributed by atoms with van der Waals surface area (Å²) in [7, 11) is 5.44. The predicted molar refractivity (Wildman–Crippen MR) is 133 cm³/mol. The highest BCUT2D eigenvalue weighted by atomic mass is 32.2. The molecule has 2 amide bonds. The van der Waals surface area contributed by atoms with Gasteiger partial charge in [0.05, 0.1) is 39.9 Å². The van der Waals surface area contributed by atoms with Crippen LogP contribution in [0, 0.1) is 0 Å². The van der Waals surface area contributed by atoms with E-state index < -0.39 is 18.1 Å². The number of hydrogen-bond donors (Lipinski definition) is 2. The van der Waals surface area contributed by atoms with Crippen molar-refractivity contribution in [3.63, 3.8) is 0 Å². The molecule has 9 nitrogen and oxygen atoms in total. The molecule has 0 bridgehead atoms. The molecule has 0 aliphatic carbocycles. The summed E-state index contributed by atoms with van der Waals surface area (Å²) in [6.45, 7) is 0. The number of fused-ring (bicyclic) bond motifs is 1. The number of carbonyl (C=O) groups excluding carboxylic acids is 3. The van der Waals surface area contributed by atoms with Gasteiger partial charge < -0.3 is 29.6 Å². The van der Waals surface area contributed by atoms with Gasteiger partial charge >= 0.3 is 18.1 Å². The van der Waals surface area contributed by atoms with E-state index >= 15 is 0 Å². The Kier molecular flexibility index (Phi) is 8.76.